The van der Waals surface area contributed by atoms with Crippen molar-refractivity contribution in [3.8, 4) is 0 Å². The minimum Gasteiger partial charge on any atom is -0.365 e. The van der Waals surface area contributed by atoms with Gasteiger partial charge in [-0.2, -0.15) is 0 Å². The van der Waals surface area contributed by atoms with Crippen LogP contribution in [-0.4, -0.2) is 76.8 Å². The summed E-state index contributed by atoms with van der Waals surface area (Å²) in [5.74, 6) is 0.453. The van der Waals surface area contributed by atoms with Crippen LogP contribution in [0.2, 0.25) is 5.02 Å². The molecule has 3 heterocycles. The minimum absolute atomic E-state index is 0.00880. The number of nitrogens with zero attached hydrogens (tertiary/aromatic N) is 4. The number of rotatable bonds is 4. The summed E-state index contributed by atoms with van der Waals surface area (Å²) in [7, 11) is 0. The molecule has 0 bridgehead atoms. The number of aromatic nitrogens is 2. The van der Waals surface area contributed by atoms with Crippen LogP contribution in [0.1, 0.15) is 51.2 Å². The van der Waals surface area contributed by atoms with Crippen molar-refractivity contribution in [1.29, 1.82) is 0 Å². The highest BCUT2D eigenvalue weighted by molar-refractivity contribution is 6.34. The van der Waals surface area contributed by atoms with Crippen LogP contribution in [0.5, 0.6) is 0 Å². The molecule has 168 valence electrons. The van der Waals surface area contributed by atoms with Crippen LogP contribution in [0, 0.1) is 5.41 Å². The maximum absolute atomic E-state index is 13.3. The standard InChI is InChI=1S/C23H32ClN5O2/c1-5-27-10-11-29(15(2)14-27)20-13-19-18(12-17(20)24)25-22(26-19)21(31)23(4)6-8-28(9-7-23)16(3)30/h12-13,15H,5-11,14H2,1-4H3,(H,25,26). The molecule has 2 aliphatic heterocycles. The van der Waals surface area contributed by atoms with E-state index in [0.29, 0.717) is 42.8 Å². The monoisotopic (exact) mass is 445 g/mol. The highest BCUT2D eigenvalue weighted by Crippen LogP contribution is 2.36. The Morgan fingerprint density at radius 2 is 1.94 bits per heavy atom. The number of imidazole rings is 1. The number of Topliss-reactive ketones (excluding diaryl/α,β-unsaturated/α-hetero) is 1. The SMILES string of the molecule is CCN1CCN(c2cc3nc(C(=O)C4(C)CCN(C(C)=O)CC4)[nH]c3cc2Cl)C(C)C1. The third kappa shape index (κ3) is 4.17. The molecule has 8 heteroatoms. The average molecular weight is 446 g/mol. The molecule has 1 unspecified atom stereocenters. The Balaban J connectivity index is 1.57. The molecule has 1 amide bonds. The number of anilines is 1. The second kappa shape index (κ2) is 8.43. The van der Waals surface area contributed by atoms with Gasteiger partial charge in [0.1, 0.15) is 0 Å². The molecule has 7 nitrogen and oxygen atoms in total. The van der Waals surface area contributed by atoms with E-state index >= 15 is 0 Å². The van der Waals surface area contributed by atoms with Crippen LogP contribution in [0.3, 0.4) is 0 Å². The molecule has 1 aromatic carbocycles. The molecule has 2 aromatic rings. The number of halogens is 1. The molecule has 2 saturated heterocycles. The smallest absolute Gasteiger partial charge is 0.219 e. The predicted octanol–water partition coefficient (Wildman–Crippen LogP) is 3.58. The number of H-pyrrole nitrogens is 1. The summed E-state index contributed by atoms with van der Waals surface area (Å²) in [6, 6.07) is 4.24. The molecule has 1 N–H and O–H groups in total. The number of nitrogens with one attached hydrogen (secondary N) is 1. The summed E-state index contributed by atoms with van der Waals surface area (Å²) in [6.45, 7) is 13.2. The number of aromatic amines is 1. The fourth-order valence-electron chi connectivity index (χ4n) is 4.85. The van der Waals surface area contributed by atoms with Crippen LogP contribution in [-0.2, 0) is 4.79 Å². The largest absolute Gasteiger partial charge is 0.365 e. The van der Waals surface area contributed by atoms with Crippen LogP contribution in [0.15, 0.2) is 12.1 Å². The van der Waals surface area contributed by atoms with Crippen LogP contribution in [0.25, 0.3) is 11.0 Å². The maximum Gasteiger partial charge on any atom is 0.219 e. The van der Waals surface area contributed by atoms with E-state index < -0.39 is 5.41 Å². The van der Waals surface area contributed by atoms with Gasteiger partial charge in [0.2, 0.25) is 11.7 Å². The highest BCUT2D eigenvalue weighted by atomic mass is 35.5. The third-order valence-corrected chi connectivity index (χ3v) is 7.40. The second-order valence-corrected chi connectivity index (χ2v) is 9.64. The van der Waals surface area contributed by atoms with E-state index in [2.05, 4.69) is 33.6 Å². The van der Waals surface area contributed by atoms with Crippen molar-refractivity contribution in [3.63, 3.8) is 0 Å². The molecular weight excluding hydrogens is 414 g/mol. The van der Waals surface area contributed by atoms with Gasteiger partial charge in [-0.3, -0.25) is 14.5 Å². The quantitative estimate of drug-likeness (QED) is 0.728. The van der Waals surface area contributed by atoms with E-state index in [4.69, 9.17) is 11.6 Å². The van der Waals surface area contributed by atoms with Crippen LogP contribution >= 0.6 is 11.6 Å². The molecule has 1 atom stereocenters. The van der Waals surface area contributed by atoms with E-state index in [9.17, 15) is 9.59 Å². The predicted molar refractivity (Wildman–Crippen MR) is 124 cm³/mol. The topological polar surface area (TPSA) is 72.5 Å². The van der Waals surface area contributed by atoms with Gasteiger partial charge < -0.3 is 14.8 Å². The molecule has 2 aliphatic rings. The number of piperazine rings is 1. The summed E-state index contributed by atoms with van der Waals surface area (Å²) in [5, 5.41) is 0.674. The first-order valence-electron chi connectivity index (χ1n) is 11.2. The van der Waals surface area contributed by atoms with Crippen molar-refractivity contribution >= 4 is 40.0 Å². The number of fused-ring (bicyclic) bond motifs is 1. The number of carbonyl (C=O) groups is 2. The Bertz CT molecular complexity index is 995. The zero-order chi connectivity index (χ0) is 22.3. The molecule has 4 rings (SSSR count). The van der Waals surface area contributed by atoms with Gasteiger partial charge in [-0.05, 0) is 38.4 Å². The van der Waals surface area contributed by atoms with Gasteiger partial charge >= 0.3 is 0 Å². The number of hydrogen-bond acceptors (Lipinski definition) is 5. The third-order valence-electron chi connectivity index (χ3n) is 7.09. The van der Waals surface area contributed by atoms with Crippen molar-refractivity contribution in [1.82, 2.24) is 19.8 Å². The first kappa shape index (κ1) is 22.1. The van der Waals surface area contributed by atoms with E-state index in [0.717, 1.165) is 42.9 Å². The van der Waals surface area contributed by atoms with Gasteiger partial charge in [0.05, 0.1) is 21.7 Å². The van der Waals surface area contributed by atoms with Gasteiger partial charge in [-0.1, -0.05) is 25.4 Å². The van der Waals surface area contributed by atoms with Gasteiger partial charge in [0, 0.05) is 51.1 Å². The lowest BCUT2D eigenvalue weighted by Crippen LogP contribution is -2.51. The van der Waals surface area contributed by atoms with Crippen LogP contribution in [0.4, 0.5) is 5.69 Å². The normalized spacial score (nSPS) is 22.2. The Hall–Kier alpha value is -2.12. The lowest BCUT2D eigenvalue weighted by molar-refractivity contribution is -0.130. The lowest BCUT2D eigenvalue weighted by atomic mass is 9.76. The summed E-state index contributed by atoms with van der Waals surface area (Å²) in [5.41, 5.74) is 2.00. The van der Waals surface area contributed by atoms with Gasteiger partial charge in [0.25, 0.3) is 0 Å². The van der Waals surface area contributed by atoms with Crippen molar-refractivity contribution in [2.75, 3.05) is 44.2 Å². The summed E-state index contributed by atoms with van der Waals surface area (Å²) < 4.78 is 0. The molecular formula is C23H32ClN5O2. The number of piperidine rings is 1. The summed E-state index contributed by atoms with van der Waals surface area (Å²) in [6.07, 6.45) is 1.29. The number of likely N-dealkylation sites (N-methyl/N-ethyl adjacent to an activating group) is 1. The Labute approximate surface area is 188 Å². The Kier molecular flexibility index (Phi) is 6.01. The van der Waals surface area contributed by atoms with Crippen molar-refractivity contribution < 1.29 is 9.59 Å². The Morgan fingerprint density at radius 1 is 1.23 bits per heavy atom. The summed E-state index contributed by atoms with van der Waals surface area (Å²) in [4.78, 5) is 39.4. The first-order chi connectivity index (χ1) is 14.7. The number of carbonyl (C=O) groups excluding carboxylic acids is 2. The molecule has 0 radical (unpaired) electrons. The maximum atomic E-state index is 13.3. The van der Waals surface area contributed by atoms with Crippen molar-refractivity contribution in [3.05, 3.63) is 23.0 Å². The van der Waals surface area contributed by atoms with Crippen LogP contribution < -0.4 is 4.90 Å². The fraction of sp³-hybridized carbons (Fsp3) is 0.609. The number of likely N-dealkylation sites (tertiary alicyclic amines) is 1. The number of ketones is 1. The second-order valence-electron chi connectivity index (χ2n) is 9.24. The zero-order valence-electron chi connectivity index (χ0n) is 18.9. The Morgan fingerprint density at radius 3 is 2.55 bits per heavy atom. The molecule has 0 aliphatic carbocycles. The molecule has 31 heavy (non-hydrogen) atoms. The van der Waals surface area contributed by atoms with Gasteiger partial charge in [0.15, 0.2) is 5.82 Å². The van der Waals surface area contributed by atoms with E-state index in [1.165, 1.54) is 0 Å². The zero-order valence-corrected chi connectivity index (χ0v) is 19.6. The average Bonchev–Trinajstić information content (AvgIpc) is 3.15. The number of amides is 1. The van der Waals surface area contributed by atoms with Gasteiger partial charge in [-0.25, -0.2) is 4.98 Å². The fourth-order valence-corrected chi connectivity index (χ4v) is 5.13. The molecule has 1 aromatic heterocycles. The van der Waals surface area contributed by atoms with Crippen molar-refractivity contribution in [2.24, 2.45) is 5.41 Å². The minimum atomic E-state index is -0.516. The number of benzene rings is 1. The first-order valence-corrected chi connectivity index (χ1v) is 11.6. The summed E-state index contributed by atoms with van der Waals surface area (Å²) >= 11 is 6.66. The van der Waals surface area contributed by atoms with E-state index in [-0.39, 0.29) is 11.7 Å². The van der Waals surface area contributed by atoms with Gasteiger partial charge in [-0.15, -0.1) is 0 Å². The number of hydrogen-bond donors (Lipinski definition) is 1. The van der Waals surface area contributed by atoms with Crippen molar-refractivity contribution in [2.45, 2.75) is 46.6 Å². The highest BCUT2D eigenvalue weighted by Gasteiger charge is 2.39. The molecule has 0 saturated carbocycles. The molecule has 2 fully saturated rings. The van der Waals surface area contributed by atoms with E-state index in [1.54, 1.807) is 11.8 Å². The molecule has 0 spiro atoms. The lowest BCUT2D eigenvalue weighted by Gasteiger charge is -2.41. The van der Waals surface area contributed by atoms with E-state index in [1.807, 2.05) is 19.1 Å².